The van der Waals surface area contributed by atoms with Crippen LogP contribution in [0.5, 0.6) is 11.5 Å². The molecule has 2 aliphatic rings. The number of carbonyl (C=O) groups excluding carboxylic acids is 1. The maximum absolute atomic E-state index is 11.1. The van der Waals surface area contributed by atoms with E-state index in [4.69, 9.17) is 9.47 Å². The molecule has 0 aromatic heterocycles. The van der Waals surface area contributed by atoms with Crippen molar-refractivity contribution < 1.29 is 14.3 Å². The summed E-state index contributed by atoms with van der Waals surface area (Å²) in [5, 5.41) is 0. The normalized spacial score (nSPS) is 22.6. The summed E-state index contributed by atoms with van der Waals surface area (Å²) >= 11 is 0. The lowest BCUT2D eigenvalue weighted by Crippen LogP contribution is -2.45. The molecule has 0 spiro atoms. The van der Waals surface area contributed by atoms with Crippen LogP contribution in [0.15, 0.2) is 12.1 Å². The lowest BCUT2D eigenvalue weighted by molar-refractivity contribution is -0.00709. The summed E-state index contributed by atoms with van der Waals surface area (Å²) in [6.45, 7) is 4.66. The zero-order valence-electron chi connectivity index (χ0n) is 14.7. The molecule has 1 fully saturated rings. The summed E-state index contributed by atoms with van der Waals surface area (Å²) < 4.78 is 11.7. The van der Waals surface area contributed by atoms with Gasteiger partial charge in [0, 0.05) is 11.5 Å². The Kier molecular flexibility index (Phi) is 6.93. The van der Waals surface area contributed by atoms with Crippen LogP contribution in [0, 0.1) is 37.0 Å². The number of hydrogen-bond acceptors (Lipinski definition) is 3. The van der Waals surface area contributed by atoms with Gasteiger partial charge in [-0.2, -0.15) is 0 Å². The van der Waals surface area contributed by atoms with Crippen LogP contribution in [0.25, 0.3) is 0 Å². The second-order valence-electron chi connectivity index (χ2n) is 6.68. The number of hydrogen-bond donors (Lipinski definition) is 0. The monoisotopic (exact) mass is 326 g/mol. The van der Waals surface area contributed by atoms with Crippen LogP contribution in [0.3, 0.4) is 0 Å². The van der Waals surface area contributed by atoms with Gasteiger partial charge in [0.05, 0.1) is 7.11 Å². The summed E-state index contributed by atoms with van der Waals surface area (Å²) in [4.78, 5) is 11.1. The highest BCUT2D eigenvalue weighted by Gasteiger charge is 2.43. The van der Waals surface area contributed by atoms with Crippen molar-refractivity contribution in [1.29, 1.82) is 0 Å². The minimum atomic E-state index is 0.280. The molecule has 0 bridgehead atoms. The minimum Gasteiger partial charge on any atom is -0.493 e. The van der Waals surface area contributed by atoms with Crippen molar-refractivity contribution >= 4 is 6.29 Å². The number of ether oxygens (including phenoxy) is 2. The van der Waals surface area contributed by atoms with Crippen molar-refractivity contribution in [3.8, 4) is 37.2 Å². The molecule has 128 valence electrons. The SMILES string of the molecule is C#C.C#C.COc1cc(C=O)cc2c1OC1CCCC(C)(C)[C@H]1C2. The molecule has 3 rings (SSSR count). The van der Waals surface area contributed by atoms with E-state index in [0.717, 1.165) is 30.4 Å². The molecule has 1 aliphatic heterocycles. The minimum absolute atomic E-state index is 0.280. The van der Waals surface area contributed by atoms with Crippen molar-refractivity contribution in [1.82, 2.24) is 0 Å². The third-order valence-corrected chi connectivity index (χ3v) is 4.98. The molecule has 1 saturated carbocycles. The molecule has 0 N–H and O–H groups in total. The summed E-state index contributed by atoms with van der Waals surface area (Å²) in [5.74, 6) is 2.05. The van der Waals surface area contributed by atoms with Crippen LogP contribution in [0.2, 0.25) is 0 Å². The van der Waals surface area contributed by atoms with Crippen LogP contribution in [0.1, 0.15) is 49.0 Å². The molecule has 3 heteroatoms. The summed E-state index contributed by atoms with van der Waals surface area (Å²) in [7, 11) is 1.63. The van der Waals surface area contributed by atoms with Crippen molar-refractivity contribution in [3.05, 3.63) is 23.3 Å². The molecule has 0 saturated heterocycles. The number of rotatable bonds is 2. The Morgan fingerprint density at radius 3 is 2.50 bits per heavy atom. The maximum atomic E-state index is 11.1. The zero-order valence-corrected chi connectivity index (χ0v) is 14.7. The lowest BCUT2D eigenvalue weighted by Gasteiger charge is -2.47. The van der Waals surface area contributed by atoms with E-state index >= 15 is 0 Å². The van der Waals surface area contributed by atoms with Gasteiger partial charge in [-0.15, -0.1) is 25.7 Å². The molecule has 0 radical (unpaired) electrons. The van der Waals surface area contributed by atoms with Crippen molar-refractivity contribution in [2.75, 3.05) is 7.11 Å². The molecule has 1 unspecified atom stereocenters. The van der Waals surface area contributed by atoms with Gasteiger partial charge in [0.25, 0.3) is 0 Å². The number of carbonyl (C=O) groups is 1. The van der Waals surface area contributed by atoms with Gasteiger partial charge < -0.3 is 9.47 Å². The van der Waals surface area contributed by atoms with Crippen LogP contribution in [-0.2, 0) is 6.42 Å². The fourth-order valence-electron chi connectivity index (χ4n) is 3.77. The predicted molar refractivity (Wildman–Crippen MR) is 97.4 cm³/mol. The second kappa shape index (κ2) is 8.46. The van der Waals surface area contributed by atoms with Crippen molar-refractivity contribution in [2.45, 2.75) is 45.6 Å². The zero-order chi connectivity index (χ0) is 18.3. The van der Waals surface area contributed by atoms with Crippen LogP contribution >= 0.6 is 0 Å². The first-order chi connectivity index (χ1) is 11.5. The molecule has 0 amide bonds. The van der Waals surface area contributed by atoms with E-state index < -0.39 is 0 Å². The smallest absolute Gasteiger partial charge is 0.164 e. The van der Waals surface area contributed by atoms with Gasteiger partial charge >= 0.3 is 0 Å². The molecule has 1 aliphatic carbocycles. The molecule has 1 heterocycles. The van der Waals surface area contributed by atoms with Crippen LogP contribution in [-0.4, -0.2) is 19.5 Å². The fourth-order valence-corrected chi connectivity index (χ4v) is 3.77. The number of aldehydes is 1. The quantitative estimate of drug-likeness (QED) is 0.605. The van der Waals surface area contributed by atoms with Gasteiger partial charge in [0.15, 0.2) is 11.5 Å². The summed E-state index contributed by atoms with van der Waals surface area (Å²) in [6, 6.07) is 3.71. The van der Waals surface area contributed by atoms with Gasteiger partial charge in [-0.1, -0.05) is 13.8 Å². The summed E-state index contributed by atoms with van der Waals surface area (Å²) in [5.41, 5.74) is 2.07. The first-order valence-corrected chi connectivity index (χ1v) is 8.04. The Morgan fingerprint density at radius 1 is 1.25 bits per heavy atom. The van der Waals surface area contributed by atoms with Gasteiger partial charge in [-0.25, -0.2) is 0 Å². The average molecular weight is 326 g/mol. The average Bonchev–Trinajstić information content (AvgIpc) is 2.62. The van der Waals surface area contributed by atoms with E-state index in [0.29, 0.717) is 22.6 Å². The molecule has 3 nitrogen and oxygen atoms in total. The number of methoxy groups -OCH3 is 1. The standard InChI is InChI=1S/C17H22O3.2C2H2/c1-17(2)6-4-5-14-13(17)9-12-7-11(10-18)8-15(19-3)16(12)20-14;2*1-2/h7-8,10,13-14H,4-6,9H2,1-3H3;2*1-2H/t13-,14?;;/m0../s1. The van der Waals surface area contributed by atoms with Crippen LogP contribution < -0.4 is 9.47 Å². The van der Waals surface area contributed by atoms with E-state index in [-0.39, 0.29) is 6.10 Å². The van der Waals surface area contributed by atoms with Gasteiger partial charge in [-0.05, 0) is 48.8 Å². The number of benzene rings is 1. The van der Waals surface area contributed by atoms with E-state index in [1.54, 1.807) is 13.2 Å². The predicted octanol–water partition coefficient (Wildman–Crippen LogP) is 4.14. The van der Waals surface area contributed by atoms with E-state index in [9.17, 15) is 4.79 Å². The summed E-state index contributed by atoms with van der Waals surface area (Å²) in [6.07, 6.45) is 21.7. The van der Waals surface area contributed by atoms with Crippen LogP contribution in [0.4, 0.5) is 0 Å². The Labute approximate surface area is 145 Å². The van der Waals surface area contributed by atoms with Crippen molar-refractivity contribution in [3.63, 3.8) is 0 Å². The Balaban J connectivity index is 0.000000671. The lowest BCUT2D eigenvalue weighted by atomic mass is 9.64. The van der Waals surface area contributed by atoms with Crippen molar-refractivity contribution in [2.24, 2.45) is 11.3 Å². The second-order valence-corrected chi connectivity index (χ2v) is 6.68. The van der Waals surface area contributed by atoms with E-state index in [1.807, 2.05) is 6.07 Å². The molecule has 1 aromatic rings. The molecular formula is C21H26O3. The van der Waals surface area contributed by atoms with Gasteiger partial charge in [0.2, 0.25) is 0 Å². The van der Waals surface area contributed by atoms with E-state index in [2.05, 4.69) is 39.5 Å². The molecule has 24 heavy (non-hydrogen) atoms. The first kappa shape index (κ1) is 19.7. The van der Waals surface area contributed by atoms with E-state index in [1.165, 1.54) is 12.8 Å². The highest BCUT2D eigenvalue weighted by molar-refractivity contribution is 5.77. The highest BCUT2D eigenvalue weighted by Crippen LogP contribution is 2.49. The maximum Gasteiger partial charge on any atom is 0.164 e. The largest absolute Gasteiger partial charge is 0.493 e. The Bertz CT molecular complexity index is 604. The fraction of sp³-hybridized carbons (Fsp3) is 0.476. The molecule has 2 atom stereocenters. The van der Waals surface area contributed by atoms with Gasteiger partial charge in [-0.3, -0.25) is 4.79 Å². The first-order valence-electron chi connectivity index (χ1n) is 8.04. The third kappa shape index (κ3) is 3.74. The topological polar surface area (TPSA) is 35.5 Å². The molecular weight excluding hydrogens is 300 g/mol. The number of terminal acetylenes is 2. The molecule has 1 aromatic carbocycles. The Hall–Kier alpha value is -2.39. The number of fused-ring (bicyclic) bond motifs is 2. The third-order valence-electron chi connectivity index (χ3n) is 4.98. The Morgan fingerprint density at radius 2 is 1.92 bits per heavy atom. The highest BCUT2D eigenvalue weighted by atomic mass is 16.5. The van der Waals surface area contributed by atoms with Gasteiger partial charge in [0.1, 0.15) is 12.4 Å².